The minimum absolute atomic E-state index is 0.509. The second kappa shape index (κ2) is 7.02. The van der Waals surface area contributed by atoms with Crippen molar-refractivity contribution in [3.8, 4) is 0 Å². The molecule has 1 N–H and O–H groups in total. The van der Waals surface area contributed by atoms with Gasteiger partial charge in [0.25, 0.3) is 0 Å². The van der Waals surface area contributed by atoms with E-state index in [0.29, 0.717) is 6.10 Å². The van der Waals surface area contributed by atoms with Crippen molar-refractivity contribution in [3.63, 3.8) is 0 Å². The summed E-state index contributed by atoms with van der Waals surface area (Å²) in [5.74, 6) is 0.770. The quantitative estimate of drug-likeness (QED) is 0.521. The van der Waals surface area contributed by atoms with Gasteiger partial charge < -0.3 is 10.1 Å². The van der Waals surface area contributed by atoms with Crippen LogP contribution in [-0.4, -0.2) is 26.3 Å². The van der Waals surface area contributed by atoms with Crippen molar-refractivity contribution in [2.45, 2.75) is 38.2 Å². The van der Waals surface area contributed by atoms with Gasteiger partial charge in [-0.25, -0.2) is 0 Å². The summed E-state index contributed by atoms with van der Waals surface area (Å²) in [4.78, 5) is 0. The van der Waals surface area contributed by atoms with Crippen LogP contribution in [0, 0.1) is 5.92 Å². The lowest BCUT2D eigenvalue weighted by Crippen LogP contribution is -2.29. The van der Waals surface area contributed by atoms with Gasteiger partial charge in [0.15, 0.2) is 0 Å². The first kappa shape index (κ1) is 11.7. The van der Waals surface area contributed by atoms with E-state index in [9.17, 15) is 0 Å². The minimum atomic E-state index is 0.509. The number of rotatable bonds is 6. The summed E-state index contributed by atoms with van der Waals surface area (Å²) in [5, 5.41) is 3.35. The van der Waals surface area contributed by atoms with Gasteiger partial charge in [-0.15, -0.1) is 6.58 Å². The maximum atomic E-state index is 5.51. The Bertz CT molecular complexity index is 158. The molecule has 2 nitrogen and oxygen atoms in total. The Morgan fingerprint density at radius 1 is 1.43 bits per heavy atom. The Morgan fingerprint density at radius 2 is 2.21 bits per heavy atom. The second-order valence-corrected chi connectivity index (χ2v) is 4.10. The highest BCUT2D eigenvalue weighted by Crippen LogP contribution is 2.28. The lowest BCUT2D eigenvalue weighted by molar-refractivity contribution is 0.0207. The van der Waals surface area contributed by atoms with Gasteiger partial charge in [-0.2, -0.15) is 0 Å². The van der Waals surface area contributed by atoms with Crippen molar-refractivity contribution < 1.29 is 4.74 Å². The molecule has 0 amide bonds. The molecule has 82 valence electrons. The second-order valence-electron chi connectivity index (χ2n) is 4.10. The summed E-state index contributed by atoms with van der Waals surface area (Å²) < 4.78 is 5.51. The summed E-state index contributed by atoms with van der Waals surface area (Å²) in [6.45, 7) is 5.70. The molecule has 0 radical (unpaired) electrons. The number of hydrogen-bond donors (Lipinski definition) is 1. The molecule has 0 unspecified atom stereocenters. The van der Waals surface area contributed by atoms with E-state index in [1.165, 1.54) is 32.1 Å². The molecular formula is C12H23NO. The third-order valence-electron chi connectivity index (χ3n) is 3.12. The zero-order valence-corrected chi connectivity index (χ0v) is 9.30. The van der Waals surface area contributed by atoms with Crippen molar-refractivity contribution in [1.82, 2.24) is 5.32 Å². The van der Waals surface area contributed by atoms with E-state index < -0.39 is 0 Å². The molecule has 0 aromatic heterocycles. The zero-order chi connectivity index (χ0) is 10.2. The highest BCUT2D eigenvalue weighted by atomic mass is 16.5. The van der Waals surface area contributed by atoms with E-state index in [1.54, 1.807) is 0 Å². The molecule has 14 heavy (non-hydrogen) atoms. The van der Waals surface area contributed by atoms with Crippen LogP contribution in [0.25, 0.3) is 0 Å². The first-order valence-electron chi connectivity index (χ1n) is 5.73. The van der Waals surface area contributed by atoms with Gasteiger partial charge in [-0.05, 0) is 31.7 Å². The van der Waals surface area contributed by atoms with Crippen LogP contribution in [0.15, 0.2) is 12.7 Å². The molecule has 0 heterocycles. The van der Waals surface area contributed by atoms with Crippen LogP contribution in [0.5, 0.6) is 0 Å². The Hall–Kier alpha value is -0.340. The smallest absolute Gasteiger partial charge is 0.0600 e. The fraction of sp³-hybridized carbons (Fsp3) is 0.833. The lowest BCUT2D eigenvalue weighted by atomic mass is 9.84. The van der Waals surface area contributed by atoms with E-state index in [2.05, 4.69) is 11.9 Å². The Kier molecular flexibility index (Phi) is 5.88. The highest BCUT2D eigenvalue weighted by molar-refractivity contribution is 4.77. The van der Waals surface area contributed by atoms with Crippen LogP contribution in [0.1, 0.15) is 32.1 Å². The van der Waals surface area contributed by atoms with Crippen molar-refractivity contribution in [2.75, 3.05) is 20.2 Å². The summed E-state index contributed by atoms with van der Waals surface area (Å²) in [5.41, 5.74) is 0. The van der Waals surface area contributed by atoms with Crippen LogP contribution >= 0.6 is 0 Å². The summed E-state index contributed by atoms with van der Waals surface area (Å²) in [7, 11) is 1.85. The van der Waals surface area contributed by atoms with Crippen molar-refractivity contribution >= 4 is 0 Å². The van der Waals surface area contributed by atoms with Gasteiger partial charge in [0.1, 0.15) is 0 Å². The molecule has 1 aliphatic carbocycles. The largest absolute Gasteiger partial charge is 0.381 e. The fourth-order valence-corrected chi connectivity index (χ4v) is 2.31. The molecule has 0 aromatic carbocycles. The Morgan fingerprint density at radius 3 is 2.93 bits per heavy atom. The van der Waals surface area contributed by atoms with Gasteiger partial charge in [-0.1, -0.05) is 18.9 Å². The molecule has 0 spiro atoms. The third kappa shape index (κ3) is 3.81. The Labute approximate surface area is 87.7 Å². The topological polar surface area (TPSA) is 21.3 Å². The SMILES string of the molecule is C=CCNCC[C@@H]1CCCC[C@H]1OC. The molecule has 0 aliphatic heterocycles. The van der Waals surface area contributed by atoms with Gasteiger partial charge in [0.2, 0.25) is 0 Å². The van der Waals surface area contributed by atoms with Crippen LogP contribution in [0.4, 0.5) is 0 Å². The van der Waals surface area contributed by atoms with Crippen LogP contribution < -0.4 is 5.32 Å². The highest BCUT2D eigenvalue weighted by Gasteiger charge is 2.23. The first-order valence-corrected chi connectivity index (χ1v) is 5.73. The van der Waals surface area contributed by atoms with Gasteiger partial charge in [-0.3, -0.25) is 0 Å². The van der Waals surface area contributed by atoms with E-state index in [1.807, 2.05) is 13.2 Å². The summed E-state index contributed by atoms with van der Waals surface area (Å²) >= 11 is 0. The van der Waals surface area contributed by atoms with Crippen LogP contribution in [-0.2, 0) is 4.74 Å². The standard InChI is InChI=1S/C12H23NO/c1-3-9-13-10-8-11-6-4-5-7-12(11)14-2/h3,11-13H,1,4-10H2,2H3/t11-,12+/m0/s1. The molecule has 1 aliphatic rings. The normalized spacial score (nSPS) is 27.5. The zero-order valence-electron chi connectivity index (χ0n) is 9.30. The third-order valence-corrected chi connectivity index (χ3v) is 3.12. The maximum Gasteiger partial charge on any atom is 0.0600 e. The number of nitrogens with one attached hydrogen (secondary N) is 1. The first-order chi connectivity index (χ1) is 6.88. The van der Waals surface area contributed by atoms with E-state index in [-0.39, 0.29) is 0 Å². The van der Waals surface area contributed by atoms with Crippen molar-refractivity contribution in [1.29, 1.82) is 0 Å². The molecule has 1 rings (SSSR count). The number of methoxy groups -OCH3 is 1. The summed E-state index contributed by atoms with van der Waals surface area (Å²) in [6.07, 6.45) is 8.98. The summed E-state index contributed by atoms with van der Waals surface area (Å²) in [6, 6.07) is 0. The predicted molar refractivity (Wildman–Crippen MR) is 60.4 cm³/mol. The molecular weight excluding hydrogens is 174 g/mol. The fourth-order valence-electron chi connectivity index (χ4n) is 2.31. The lowest BCUT2D eigenvalue weighted by Gasteiger charge is -2.30. The molecule has 0 aromatic rings. The number of hydrogen-bond acceptors (Lipinski definition) is 2. The minimum Gasteiger partial charge on any atom is -0.381 e. The van der Waals surface area contributed by atoms with Crippen LogP contribution in [0.3, 0.4) is 0 Å². The predicted octanol–water partition coefficient (Wildman–Crippen LogP) is 2.36. The van der Waals surface area contributed by atoms with Crippen molar-refractivity contribution in [2.24, 2.45) is 5.92 Å². The van der Waals surface area contributed by atoms with Gasteiger partial charge in [0.05, 0.1) is 6.10 Å². The molecule has 0 bridgehead atoms. The number of ether oxygens (including phenoxy) is 1. The van der Waals surface area contributed by atoms with E-state index in [0.717, 1.165) is 19.0 Å². The molecule has 0 saturated heterocycles. The van der Waals surface area contributed by atoms with E-state index in [4.69, 9.17) is 4.74 Å². The van der Waals surface area contributed by atoms with Gasteiger partial charge in [0, 0.05) is 13.7 Å². The van der Waals surface area contributed by atoms with Crippen molar-refractivity contribution in [3.05, 3.63) is 12.7 Å². The molecule has 2 atom stereocenters. The average Bonchev–Trinajstić information content (AvgIpc) is 2.25. The maximum absolute atomic E-state index is 5.51. The Balaban J connectivity index is 2.16. The van der Waals surface area contributed by atoms with Gasteiger partial charge >= 0.3 is 0 Å². The molecule has 2 heteroatoms. The van der Waals surface area contributed by atoms with Crippen LogP contribution in [0.2, 0.25) is 0 Å². The van der Waals surface area contributed by atoms with E-state index >= 15 is 0 Å². The monoisotopic (exact) mass is 197 g/mol. The average molecular weight is 197 g/mol. The molecule has 1 fully saturated rings. The molecule has 1 saturated carbocycles.